The minimum atomic E-state index is -4.44. The number of H-pyrrole nitrogens is 1. The molecule has 1 aromatic heterocycles. The molecule has 3 aromatic carbocycles. The van der Waals surface area contributed by atoms with Crippen LogP contribution in [0.4, 0.5) is 13.2 Å². The van der Waals surface area contributed by atoms with E-state index in [0.717, 1.165) is 28.6 Å². The fraction of sp³-hybridized carbons (Fsp3) is 0.290. The second-order valence-corrected chi connectivity index (χ2v) is 10.6. The molecule has 1 heterocycles. The zero-order valence-electron chi connectivity index (χ0n) is 22.3. The number of aromatic amines is 1. The highest BCUT2D eigenvalue weighted by Crippen LogP contribution is 2.29. The van der Waals surface area contributed by atoms with E-state index in [1.165, 1.54) is 17.0 Å². The number of para-hydroxylation sites is 1. The highest BCUT2D eigenvalue weighted by Gasteiger charge is 2.30. The standard InChI is InChI=1S/C31H31ClF3N3O2/c1-21(2)18-38(30(40)23-9-13-26(32)14-10-23)20-29(39)37(19-22-7-11-25(12-8-22)31(33,34)35)16-15-24-17-36-28-6-4-3-5-27(24)28/h3-14,17,21,36H,15-16,18-20H2,1-2H3. The molecule has 0 aliphatic carbocycles. The molecule has 4 rings (SSSR count). The van der Waals surface area contributed by atoms with Gasteiger partial charge >= 0.3 is 6.18 Å². The van der Waals surface area contributed by atoms with Gasteiger partial charge in [0.05, 0.1) is 5.56 Å². The molecular formula is C31H31ClF3N3O2. The van der Waals surface area contributed by atoms with Gasteiger partial charge < -0.3 is 14.8 Å². The predicted molar refractivity (Wildman–Crippen MR) is 151 cm³/mol. The zero-order chi connectivity index (χ0) is 28.9. The smallest absolute Gasteiger partial charge is 0.361 e. The molecule has 0 unspecified atom stereocenters. The lowest BCUT2D eigenvalue weighted by Gasteiger charge is -2.29. The maximum atomic E-state index is 13.7. The number of fused-ring (bicyclic) bond motifs is 1. The van der Waals surface area contributed by atoms with Crippen molar-refractivity contribution in [3.05, 3.63) is 106 Å². The Hall–Kier alpha value is -3.78. The lowest BCUT2D eigenvalue weighted by atomic mass is 10.1. The molecule has 0 bridgehead atoms. The normalized spacial score (nSPS) is 11.7. The van der Waals surface area contributed by atoms with Gasteiger partial charge in [-0.2, -0.15) is 13.2 Å². The van der Waals surface area contributed by atoms with Crippen molar-refractivity contribution in [3.63, 3.8) is 0 Å². The number of rotatable bonds is 10. The van der Waals surface area contributed by atoms with Crippen LogP contribution in [0.5, 0.6) is 0 Å². The number of halogens is 4. The summed E-state index contributed by atoms with van der Waals surface area (Å²) in [6.45, 7) is 4.57. The van der Waals surface area contributed by atoms with E-state index in [0.29, 0.717) is 35.7 Å². The van der Waals surface area contributed by atoms with Gasteiger partial charge in [-0.3, -0.25) is 9.59 Å². The summed E-state index contributed by atoms with van der Waals surface area (Å²) in [6.07, 6.45) is -2.00. The van der Waals surface area contributed by atoms with Crippen LogP contribution < -0.4 is 0 Å². The summed E-state index contributed by atoms with van der Waals surface area (Å²) in [5.74, 6) is -0.467. The number of nitrogens with zero attached hydrogens (tertiary/aromatic N) is 2. The lowest BCUT2D eigenvalue weighted by Crippen LogP contribution is -2.44. The van der Waals surface area contributed by atoms with Crippen LogP contribution in [0.3, 0.4) is 0 Å². The molecule has 1 N–H and O–H groups in total. The number of benzene rings is 3. The van der Waals surface area contributed by atoms with Gasteiger partial charge in [-0.1, -0.05) is 55.8 Å². The van der Waals surface area contributed by atoms with E-state index in [4.69, 9.17) is 11.6 Å². The van der Waals surface area contributed by atoms with Gasteiger partial charge in [-0.15, -0.1) is 0 Å². The lowest BCUT2D eigenvalue weighted by molar-refractivity contribution is -0.137. The molecule has 9 heteroatoms. The van der Waals surface area contributed by atoms with Crippen LogP contribution in [0.1, 0.15) is 40.9 Å². The topological polar surface area (TPSA) is 56.4 Å². The fourth-order valence-corrected chi connectivity index (χ4v) is 4.73. The Balaban J connectivity index is 1.57. The van der Waals surface area contributed by atoms with Crippen LogP contribution in [-0.2, 0) is 23.9 Å². The summed E-state index contributed by atoms with van der Waals surface area (Å²) >= 11 is 5.98. The Bertz CT molecular complexity index is 1450. The molecule has 0 spiro atoms. The molecule has 0 radical (unpaired) electrons. The summed E-state index contributed by atoms with van der Waals surface area (Å²) < 4.78 is 39.3. The summed E-state index contributed by atoms with van der Waals surface area (Å²) in [5, 5.41) is 1.55. The molecule has 2 amide bonds. The van der Waals surface area contributed by atoms with Gasteiger partial charge in [-0.05, 0) is 65.9 Å². The number of nitrogens with one attached hydrogen (secondary N) is 1. The van der Waals surface area contributed by atoms with E-state index in [9.17, 15) is 22.8 Å². The number of alkyl halides is 3. The molecule has 0 saturated heterocycles. The number of carbonyl (C=O) groups is 2. The molecule has 210 valence electrons. The average Bonchev–Trinajstić information content (AvgIpc) is 3.33. The molecule has 0 saturated carbocycles. The molecule has 0 aliphatic rings. The Morgan fingerprint density at radius 3 is 2.25 bits per heavy atom. The SMILES string of the molecule is CC(C)CN(CC(=O)N(CCc1c[nH]c2ccccc12)Cc1ccc(C(F)(F)F)cc1)C(=O)c1ccc(Cl)cc1. The van der Waals surface area contributed by atoms with Crippen molar-refractivity contribution in [2.24, 2.45) is 5.92 Å². The van der Waals surface area contributed by atoms with Gasteiger partial charge in [-0.25, -0.2) is 0 Å². The average molecular weight is 570 g/mol. The number of carbonyl (C=O) groups excluding carboxylic acids is 2. The third kappa shape index (κ3) is 7.45. The van der Waals surface area contributed by atoms with E-state index in [-0.39, 0.29) is 30.8 Å². The molecule has 0 atom stereocenters. The van der Waals surface area contributed by atoms with Gasteiger partial charge in [0.1, 0.15) is 6.54 Å². The minimum Gasteiger partial charge on any atom is -0.361 e. The first-order valence-corrected chi connectivity index (χ1v) is 13.4. The van der Waals surface area contributed by atoms with Crippen molar-refractivity contribution >= 4 is 34.3 Å². The second kappa shape index (κ2) is 12.6. The summed E-state index contributed by atoms with van der Waals surface area (Å²) in [4.78, 5) is 33.4. The van der Waals surface area contributed by atoms with Crippen molar-refractivity contribution < 1.29 is 22.8 Å². The minimum absolute atomic E-state index is 0.110. The number of amides is 2. The molecule has 0 fully saturated rings. The predicted octanol–water partition coefficient (Wildman–Crippen LogP) is 7.21. The van der Waals surface area contributed by atoms with E-state index < -0.39 is 11.7 Å². The summed E-state index contributed by atoms with van der Waals surface area (Å²) in [7, 11) is 0. The van der Waals surface area contributed by atoms with E-state index in [1.807, 2.05) is 44.3 Å². The Labute approximate surface area is 236 Å². The maximum absolute atomic E-state index is 13.7. The molecular weight excluding hydrogens is 539 g/mol. The first kappa shape index (κ1) is 29.2. The second-order valence-electron chi connectivity index (χ2n) is 10.2. The van der Waals surface area contributed by atoms with Crippen molar-refractivity contribution in [1.82, 2.24) is 14.8 Å². The van der Waals surface area contributed by atoms with E-state index >= 15 is 0 Å². The van der Waals surface area contributed by atoms with Crippen LogP contribution in [0.25, 0.3) is 10.9 Å². The quantitative estimate of drug-likeness (QED) is 0.219. The van der Waals surface area contributed by atoms with Gasteiger partial charge in [0.2, 0.25) is 5.91 Å². The largest absolute Gasteiger partial charge is 0.416 e. The van der Waals surface area contributed by atoms with Gasteiger partial charge in [0.15, 0.2) is 0 Å². The van der Waals surface area contributed by atoms with Crippen molar-refractivity contribution in [2.45, 2.75) is 33.0 Å². The van der Waals surface area contributed by atoms with Crippen molar-refractivity contribution in [2.75, 3.05) is 19.6 Å². The highest BCUT2D eigenvalue weighted by molar-refractivity contribution is 6.30. The van der Waals surface area contributed by atoms with Crippen LogP contribution in [0.15, 0.2) is 79.0 Å². The highest BCUT2D eigenvalue weighted by atomic mass is 35.5. The molecule has 0 aliphatic heterocycles. The monoisotopic (exact) mass is 569 g/mol. The van der Waals surface area contributed by atoms with E-state index in [1.54, 1.807) is 29.2 Å². The Morgan fingerprint density at radius 2 is 1.60 bits per heavy atom. The van der Waals surface area contributed by atoms with E-state index in [2.05, 4.69) is 4.98 Å². The maximum Gasteiger partial charge on any atom is 0.416 e. The van der Waals surface area contributed by atoms with Crippen LogP contribution in [0, 0.1) is 5.92 Å². The fourth-order valence-electron chi connectivity index (χ4n) is 4.60. The molecule has 40 heavy (non-hydrogen) atoms. The third-order valence-corrected chi connectivity index (χ3v) is 6.88. The van der Waals surface area contributed by atoms with Gasteiger partial charge in [0, 0.05) is 47.3 Å². The zero-order valence-corrected chi connectivity index (χ0v) is 23.1. The first-order valence-electron chi connectivity index (χ1n) is 13.0. The Morgan fingerprint density at radius 1 is 0.925 bits per heavy atom. The summed E-state index contributed by atoms with van der Waals surface area (Å²) in [5.41, 5.74) is 2.25. The number of hydrogen-bond acceptors (Lipinski definition) is 2. The first-order chi connectivity index (χ1) is 19.0. The Kier molecular flexibility index (Phi) is 9.20. The van der Waals surface area contributed by atoms with Crippen LogP contribution in [0.2, 0.25) is 5.02 Å². The number of hydrogen-bond donors (Lipinski definition) is 1. The van der Waals surface area contributed by atoms with Crippen molar-refractivity contribution in [3.8, 4) is 0 Å². The summed E-state index contributed by atoms with van der Waals surface area (Å²) in [6, 6.07) is 19.2. The number of aromatic nitrogens is 1. The molecule has 5 nitrogen and oxygen atoms in total. The van der Waals surface area contributed by atoms with Crippen LogP contribution >= 0.6 is 11.6 Å². The van der Waals surface area contributed by atoms with Gasteiger partial charge in [0.25, 0.3) is 5.91 Å². The van der Waals surface area contributed by atoms with Crippen LogP contribution in [-0.4, -0.2) is 46.2 Å². The third-order valence-electron chi connectivity index (χ3n) is 6.62. The van der Waals surface area contributed by atoms with Crippen molar-refractivity contribution in [1.29, 1.82) is 0 Å². The molecule has 4 aromatic rings.